The zero-order valence-corrected chi connectivity index (χ0v) is 16.3. The van der Waals surface area contributed by atoms with Gasteiger partial charge in [-0.2, -0.15) is 9.40 Å². The van der Waals surface area contributed by atoms with E-state index in [0.717, 1.165) is 22.6 Å². The molecule has 0 bridgehead atoms. The van der Waals surface area contributed by atoms with E-state index in [0.29, 0.717) is 32.1 Å². The molecule has 0 N–H and O–H groups in total. The Kier molecular flexibility index (Phi) is 4.97. The molecule has 1 aliphatic carbocycles. The minimum atomic E-state index is -3.42. The maximum absolute atomic E-state index is 12.6. The molecule has 0 atom stereocenters. The number of aromatic nitrogens is 2. The number of sulfonamides is 1. The molecular weight excluding hydrogens is 360 g/mol. The first-order valence-electron chi connectivity index (χ1n) is 9.35. The van der Waals surface area contributed by atoms with Crippen molar-refractivity contribution in [3.8, 4) is 0 Å². The summed E-state index contributed by atoms with van der Waals surface area (Å²) in [6, 6.07) is 11.8. The Balaban J connectivity index is 1.36. The molecule has 2 aliphatic rings. The van der Waals surface area contributed by atoms with Crippen LogP contribution in [0.4, 0.5) is 5.82 Å². The lowest BCUT2D eigenvalue weighted by Gasteiger charge is -2.33. The van der Waals surface area contributed by atoms with Gasteiger partial charge in [-0.25, -0.2) is 8.42 Å². The highest BCUT2D eigenvalue weighted by Gasteiger charge is 2.27. The Labute approximate surface area is 160 Å². The van der Waals surface area contributed by atoms with Crippen LogP contribution in [0.5, 0.6) is 0 Å². The highest BCUT2D eigenvalue weighted by Crippen LogP contribution is 2.38. The first-order chi connectivity index (χ1) is 13.0. The number of nitrogens with zero attached hydrogens (tertiary/aromatic N) is 4. The van der Waals surface area contributed by atoms with Gasteiger partial charge in [-0.05, 0) is 43.5 Å². The zero-order chi connectivity index (χ0) is 18.9. The molecule has 2 fully saturated rings. The largest absolute Gasteiger partial charge is 0.352 e. The van der Waals surface area contributed by atoms with Gasteiger partial charge in [-0.1, -0.05) is 29.8 Å². The third-order valence-corrected chi connectivity index (χ3v) is 6.66. The summed E-state index contributed by atoms with van der Waals surface area (Å²) < 4.78 is 26.7. The van der Waals surface area contributed by atoms with Crippen LogP contribution in [0, 0.1) is 6.92 Å². The fourth-order valence-corrected chi connectivity index (χ4v) is 4.37. The number of piperazine rings is 1. The van der Waals surface area contributed by atoms with Crippen LogP contribution < -0.4 is 4.90 Å². The summed E-state index contributed by atoms with van der Waals surface area (Å²) in [6.07, 6.45) is 4.07. The number of benzene rings is 1. The maximum atomic E-state index is 12.6. The molecule has 0 amide bonds. The molecule has 27 heavy (non-hydrogen) atoms. The molecule has 2 aromatic rings. The van der Waals surface area contributed by atoms with Crippen molar-refractivity contribution in [3.63, 3.8) is 0 Å². The van der Waals surface area contributed by atoms with E-state index in [-0.39, 0.29) is 0 Å². The molecule has 0 unspecified atom stereocenters. The van der Waals surface area contributed by atoms with Crippen LogP contribution in [0.25, 0.3) is 6.08 Å². The molecule has 1 saturated heterocycles. The van der Waals surface area contributed by atoms with Crippen molar-refractivity contribution in [3.05, 3.63) is 58.6 Å². The highest BCUT2D eigenvalue weighted by atomic mass is 32.2. The van der Waals surface area contributed by atoms with Gasteiger partial charge in [0.2, 0.25) is 10.0 Å². The Morgan fingerprint density at radius 2 is 1.67 bits per heavy atom. The van der Waals surface area contributed by atoms with E-state index < -0.39 is 10.0 Å². The smallest absolute Gasteiger partial charge is 0.236 e. The van der Waals surface area contributed by atoms with Gasteiger partial charge in [0.05, 0.1) is 5.69 Å². The summed E-state index contributed by atoms with van der Waals surface area (Å²) in [7, 11) is -3.42. The maximum Gasteiger partial charge on any atom is 0.236 e. The zero-order valence-electron chi connectivity index (χ0n) is 15.5. The number of rotatable bonds is 5. The third kappa shape index (κ3) is 4.36. The van der Waals surface area contributed by atoms with E-state index in [4.69, 9.17) is 0 Å². The van der Waals surface area contributed by atoms with Gasteiger partial charge in [-0.15, -0.1) is 5.10 Å². The Morgan fingerprint density at radius 3 is 2.26 bits per heavy atom. The van der Waals surface area contributed by atoms with Crippen molar-refractivity contribution >= 4 is 21.9 Å². The van der Waals surface area contributed by atoms with E-state index in [2.05, 4.69) is 15.1 Å². The molecule has 1 aromatic carbocycles. The highest BCUT2D eigenvalue weighted by molar-refractivity contribution is 7.92. The van der Waals surface area contributed by atoms with Gasteiger partial charge < -0.3 is 4.90 Å². The molecule has 4 rings (SSSR count). The SMILES string of the molecule is Cc1ccc(/C=C/S(=O)(=O)N2CCN(c3ccc(C4CC4)nn3)CC2)cc1. The summed E-state index contributed by atoms with van der Waals surface area (Å²) in [5.74, 6) is 1.42. The first kappa shape index (κ1) is 18.1. The molecule has 0 radical (unpaired) electrons. The molecule has 7 heteroatoms. The second-order valence-electron chi connectivity index (χ2n) is 7.24. The lowest BCUT2D eigenvalue weighted by Crippen LogP contribution is -2.48. The van der Waals surface area contributed by atoms with E-state index in [1.165, 1.54) is 22.6 Å². The number of aryl methyl sites for hydroxylation is 1. The number of hydrogen-bond acceptors (Lipinski definition) is 5. The normalized spacial score (nSPS) is 18.9. The van der Waals surface area contributed by atoms with Crippen LogP contribution in [0.1, 0.15) is 35.6 Å². The van der Waals surface area contributed by atoms with Crippen LogP contribution >= 0.6 is 0 Å². The van der Waals surface area contributed by atoms with Crippen molar-refractivity contribution in [2.45, 2.75) is 25.7 Å². The second kappa shape index (κ2) is 7.40. The molecule has 6 nitrogen and oxygen atoms in total. The number of hydrogen-bond donors (Lipinski definition) is 0. The van der Waals surface area contributed by atoms with Gasteiger partial charge in [0.25, 0.3) is 0 Å². The molecule has 2 heterocycles. The lowest BCUT2D eigenvalue weighted by molar-refractivity contribution is 0.388. The first-order valence-corrected chi connectivity index (χ1v) is 10.8. The Hall–Kier alpha value is -2.25. The minimum Gasteiger partial charge on any atom is -0.352 e. The predicted molar refractivity (Wildman–Crippen MR) is 107 cm³/mol. The quantitative estimate of drug-likeness (QED) is 0.793. The molecule has 0 spiro atoms. The monoisotopic (exact) mass is 384 g/mol. The lowest BCUT2D eigenvalue weighted by atomic mass is 10.2. The molecule has 142 valence electrons. The minimum absolute atomic E-state index is 0.451. The molecule has 1 aromatic heterocycles. The van der Waals surface area contributed by atoms with E-state index >= 15 is 0 Å². The van der Waals surface area contributed by atoms with Crippen LogP contribution in [-0.4, -0.2) is 49.1 Å². The fraction of sp³-hybridized carbons (Fsp3) is 0.400. The second-order valence-corrected chi connectivity index (χ2v) is 9.05. The van der Waals surface area contributed by atoms with Crippen molar-refractivity contribution < 1.29 is 8.42 Å². The summed E-state index contributed by atoms with van der Waals surface area (Å²) in [5, 5.41) is 9.95. The van der Waals surface area contributed by atoms with Crippen LogP contribution in [-0.2, 0) is 10.0 Å². The summed E-state index contributed by atoms with van der Waals surface area (Å²) in [6.45, 7) is 4.15. The van der Waals surface area contributed by atoms with Gasteiger partial charge in [0.1, 0.15) is 0 Å². The van der Waals surface area contributed by atoms with E-state index in [1.54, 1.807) is 6.08 Å². The molecular formula is C20H24N4O2S. The van der Waals surface area contributed by atoms with Crippen molar-refractivity contribution in [2.75, 3.05) is 31.1 Å². The van der Waals surface area contributed by atoms with Crippen molar-refractivity contribution in [2.24, 2.45) is 0 Å². The summed E-state index contributed by atoms with van der Waals surface area (Å²) in [4.78, 5) is 2.10. The Bertz CT molecular complexity index is 911. The topological polar surface area (TPSA) is 66.4 Å². The summed E-state index contributed by atoms with van der Waals surface area (Å²) >= 11 is 0. The van der Waals surface area contributed by atoms with E-state index in [9.17, 15) is 8.42 Å². The third-order valence-electron chi connectivity index (χ3n) is 5.10. The van der Waals surface area contributed by atoms with E-state index in [1.807, 2.05) is 43.3 Å². The molecule has 1 aliphatic heterocycles. The van der Waals surface area contributed by atoms with Gasteiger partial charge >= 0.3 is 0 Å². The average Bonchev–Trinajstić information content (AvgIpc) is 3.53. The van der Waals surface area contributed by atoms with Crippen molar-refractivity contribution in [1.29, 1.82) is 0 Å². The van der Waals surface area contributed by atoms with Crippen molar-refractivity contribution in [1.82, 2.24) is 14.5 Å². The fourth-order valence-electron chi connectivity index (χ4n) is 3.20. The van der Waals surface area contributed by atoms with Crippen LogP contribution in [0.3, 0.4) is 0 Å². The average molecular weight is 385 g/mol. The molecule has 1 saturated carbocycles. The number of anilines is 1. The van der Waals surface area contributed by atoms with Gasteiger partial charge in [-0.3, -0.25) is 0 Å². The van der Waals surface area contributed by atoms with Gasteiger partial charge in [0.15, 0.2) is 5.82 Å². The van der Waals surface area contributed by atoms with Gasteiger partial charge in [0, 0.05) is 37.5 Å². The summed E-state index contributed by atoms with van der Waals surface area (Å²) in [5.41, 5.74) is 3.11. The van der Waals surface area contributed by atoms with Crippen LogP contribution in [0.15, 0.2) is 41.8 Å². The predicted octanol–water partition coefficient (Wildman–Crippen LogP) is 2.79. The standard InChI is InChI=1S/C20H24N4O2S/c1-16-2-4-17(5-3-16)10-15-27(25,26)24-13-11-23(12-14-24)20-9-8-19(21-22-20)18-6-7-18/h2-5,8-10,15,18H,6-7,11-14H2,1H3/b15-10+. The Morgan fingerprint density at radius 1 is 0.963 bits per heavy atom. The van der Waals surface area contributed by atoms with Crippen LogP contribution in [0.2, 0.25) is 0 Å².